The molecule has 3 aliphatic heterocycles. The van der Waals surface area contributed by atoms with Gasteiger partial charge in [-0.1, -0.05) is 50.6 Å². The molecule has 13 heteroatoms. The predicted octanol–water partition coefficient (Wildman–Crippen LogP) is 3.89. The zero-order valence-corrected chi connectivity index (χ0v) is 24.2. The van der Waals surface area contributed by atoms with Gasteiger partial charge in [-0.25, -0.2) is 4.90 Å². The number of imide groups is 1. The summed E-state index contributed by atoms with van der Waals surface area (Å²) in [5.41, 5.74) is 1.01. The van der Waals surface area contributed by atoms with Gasteiger partial charge >= 0.3 is 4.87 Å². The molecule has 0 radical (unpaired) electrons. The van der Waals surface area contributed by atoms with E-state index in [0.29, 0.717) is 58.2 Å². The Morgan fingerprint density at radius 2 is 1.85 bits per heavy atom. The predicted molar refractivity (Wildman–Crippen MR) is 151 cm³/mol. The van der Waals surface area contributed by atoms with Gasteiger partial charge in [0.1, 0.15) is 11.0 Å². The quantitative estimate of drug-likeness (QED) is 0.418. The second-order valence-electron chi connectivity index (χ2n) is 9.20. The Balaban J connectivity index is 1.39. The van der Waals surface area contributed by atoms with E-state index in [9.17, 15) is 19.2 Å². The van der Waals surface area contributed by atoms with Crippen LogP contribution < -0.4 is 14.5 Å². The molecule has 1 aromatic heterocycles. The number of nitrogens with one attached hydrogen (secondary N) is 1. The van der Waals surface area contributed by atoms with Gasteiger partial charge in [-0.15, -0.1) is 0 Å². The van der Waals surface area contributed by atoms with Crippen molar-refractivity contribution in [2.45, 2.75) is 16.2 Å². The lowest BCUT2D eigenvalue weighted by Gasteiger charge is -2.31. The van der Waals surface area contributed by atoms with Crippen LogP contribution in [0.1, 0.15) is 16.4 Å². The summed E-state index contributed by atoms with van der Waals surface area (Å²) >= 11 is 12.0. The van der Waals surface area contributed by atoms with E-state index in [4.69, 9.17) is 21.1 Å². The van der Waals surface area contributed by atoms with Crippen molar-refractivity contribution >= 4 is 74.0 Å². The van der Waals surface area contributed by atoms with Crippen molar-refractivity contribution in [2.75, 3.05) is 37.8 Å². The number of hydrogen-bond acceptors (Lipinski definition) is 8. The van der Waals surface area contributed by atoms with Gasteiger partial charge in [-0.3, -0.25) is 19.2 Å². The van der Waals surface area contributed by atoms with E-state index in [0.717, 1.165) is 15.8 Å². The summed E-state index contributed by atoms with van der Waals surface area (Å²) in [7, 11) is 0. The van der Waals surface area contributed by atoms with E-state index in [1.54, 1.807) is 47.4 Å². The Kier molecular flexibility index (Phi) is 7.32. The number of rotatable bonds is 5. The Hall–Kier alpha value is -2.64. The minimum Gasteiger partial charge on any atom is -0.483 e. The first-order chi connectivity index (χ1) is 18.8. The van der Waals surface area contributed by atoms with Gasteiger partial charge in [0, 0.05) is 38.9 Å². The molecule has 2 saturated heterocycles. The third-order valence-corrected chi connectivity index (χ3v) is 10.1. The third-order valence-electron chi connectivity index (χ3n) is 6.93. The van der Waals surface area contributed by atoms with Crippen LogP contribution in [0.2, 0.25) is 5.02 Å². The van der Waals surface area contributed by atoms with Gasteiger partial charge in [-0.05, 0) is 42.5 Å². The largest absolute Gasteiger partial charge is 0.483 e. The summed E-state index contributed by atoms with van der Waals surface area (Å²) in [4.78, 5) is 58.9. The normalized spacial score (nSPS) is 22.6. The highest BCUT2D eigenvalue weighted by atomic mass is 79.9. The molecule has 9 nitrogen and oxygen atoms in total. The standard InChI is InChI=1S/C26H21BrClN3O6S2/c27-13-1-4-15(5-2-13)31-24(33)20-19(21-23(29-26(35)39-21)38-22(20)25(31)34)16-11-14(28)3-6-17(16)37-12-18(32)30-7-9-36-10-8-30/h1-6,11,19-20,22H,7-10,12H2,(H,29,35)/t19-,20?,22?/m1/s1. The number of thioether (sulfide) groups is 1. The molecule has 0 aliphatic carbocycles. The van der Waals surface area contributed by atoms with Crippen LogP contribution in [0, 0.1) is 5.92 Å². The van der Waals surface area contributed by atoms with Crippen LogP contribution in [0.4, 0.5) is 5.69 Å². The molecule has 202 valence electrons. The van der Waals surface area contributed by atoms with Gasteiger partial charge in [0.15, 0.2) is 6.61 Å². The molecule has 1 N–H and O–H groups in total. The number of carbonyl (C=O) groups excluding carboxylic acids is 3. The number of morpholine rings is 1. The van der Waals surface area contributed by atoms with Gasteiger partial charge in [-0.2, -0.15) is 0 Å². The zero-order valence-electron chi connectivity index (χ0n) is 20.2. The first kappa shape index (κ1) is 26.6. The molecule has 39 heavy (non-hydrogen) atoms. The number of halogens is 2. The molecular weight excluding hydrogens is 630 g/mol. The highest BCUT2D eigenvalue weighted by Crippen LogP contribution is 2.54. The lowest BCUT2D eigenvalue weighted by molar-refractivity contribution is -0.137. The molecule has 4 heterocycles. The van der Waals surface area contributed by atoms with Crippen LogP contribution in [0.25, 0.3) is 0 Å². The van der Waals surface area contributed by atoms with E-state index in [-0.39, 0.29) is 29.2 Å². The molecule has 3 amide bonds. The number of benzene rings is 2. The molecule has 3 aliphatic rings. The summed E-state index contributed by atoms with van der Waals surface area (Å²) in [6.07, 6.45) is 0. The van der Waals surface area contributed by atoms with Gasteiger partial charge < -0.3 is 19.4 Å². The second-order valence-corrected chi connectivity index (χ2v) is 12.7. The topological polar surface area (TPSA) is 109 Å². The summed E-state index contributed by atoms with van der Waals surface area (Å²) < 4.78 is 12.2. The smallest absolute Gasteiger partial charge is 0.305 e. The van der Waals surface area contributed by atoms with Crippen molar-refractivity contribution in [3.8, 4) is 5.75 Å². The van der Waals surface area contributed by atoms with Gasteiger partial charge in [0.05, 0.1) is 29.8 Å². The van der Waals surface area contributed by atoms with E-state index < -0.39 is 17.1 Å². The molecule has 2 fully saturated rings. The second kappa shape index (κ2) is 10.7. The van der Waals surface area contributed by atoms with Crippen molar-refractivity contribution in [1.82, 2.24) is 9.88 Å². The van der Waals surface area contributed by atoms with Gasteiger partial charge in [0.25, 0.3) is 5.91 Å². The zero-order chi connectivity index (χ0) is 27.3. The number of carbonyl (C=O) groups is 3. The molecule has 0 saturated carbocycles. The van der Waals surface area contributed by atoms with Crippen LogP contribution in [-0.4, -0.2) is 65.8 Å². The van der Waals surface area contributed by atoms with Crippen molar-refractivity contribution in [2.24, 2.45) is 5.92 Å². The number of nitrogens with zero attached hydrogens (tertiary/aromatic N) is 2. The summed E-state index contributed by atoms with van der Waals surface area (Å²) in [6.45, 7) is 1.71. The van der Waals surface area contributed by atoms with Crippen molar-refractivity contribution in [1.29, 1.82) is 0 Å². The number of anilines is 1. The van der Waals surface area contributed by atoms with Crippen molar-refractivity contribution in [3.63, 3.8) is 0 Å². The molecular formula is C26H21BrClN3O6S2. The van der Waals surface area contributed by atoms with E-state index in [1.165, 1.54) is 16.7 Å². The molecule has 0 bridgehead atoms. The highest BCUT2D eigenvalue weighted by Gasteiger charge is 2.56. The van der Waals surface area contributed by atoms with Crippen LogP contribution in [0.15, 0.2) is 56.8 Å². The van der Waals surface area contributed by atoms with Crippen molar-refractivity contribution in [3.05, 3.63) is 72.1 Å². The minimum atomic E-state index is -0.805. The number of aromatic amines is 1. The lowest BCUT2D eigenvalue weighted by Crippen LogP contribution is -2.43. The Bertz CT molecular complexity index is 1520. The van der Waals surface area contributed by atoms with Crippen molar-refractivity contribution < 1.29 is 23.9 Å². The fourth-order valence-corrected chi connectivity index (χ4v) is 8.09. The van der Waals surface area contributed by atoms with Crippen LogP contribution >= 0.6 is 50.6 Å². The Labute approximate surface area is 244 Å². The maximum atomic E-state index is 14.0. The number of amides is 3. The maximum absolute atomic E-state index is 14.0. The molecule has 3 atom stereocenters. The lowest BCUT2D eigenvalue weighted by atomic mass is 9.82. The first-order valence-electron chi connectivity index (χ1n) is 12.1. The van der Waals surface area contributed by atoms with Gasteiger partial charge in [0.2, 0.25) is 11.8 Å². The molecule has 3 aromatic rings. The number of H-pyrrole nitrogens is 1. The molecule has 2 aromatic carbocycles. The number of thiazole rings is 1. The summed E-state index contributed by atoms with van der Waals surface area (Å²) in [6, 6.07) is 11.9. The SMILES string of the molecule is O=C(COc1ccc(Cl)cc1[C@H]1c2sc(=O)[nH]c2SC2C(=O)N(c3ccc(Br)cc3)C(=O)C21)N1CCOCC1. The Morgan fingerprint density at radius 3 is 2.59 bits per heavy atom. The third kappa shape index (κ3) is 4.93. The Morgan fingerprint density at radius 1 is 1.10 bits per heavy atom. The first-order valence-corrected chi connectivity index (χ1v) is 15.0. The summed E-state index contributed by atoms with van der Waals surface area (Å²) in [5.74, 6) is -2.03. The number of aromatic nitrogens is 1. The average molecular weight is 651 g/mol. The van der Waals surface area contributed by atoms with Crippen LogP contribution in [0.5, 0.6) is 5.75 Å². The molecule has 0 spiro atoms. The maximum Gasteiger partial charge on any atom is 0.305 e. The monoisotopic (exact) mass is 649 g/mol. The fraction of sp³-hybridized carbons (Fsp3) is 0.308. The van der Waals surface area contributed by atoms with E-state index in [2.05, 4.69) is 20.9 Å². The van der Waals surface area contributed by atoms with E-state index in [1.807, 2.05) is 0 Å². The minimum absolute atomic E-state index is 0.184. The molecule has 6 rings (SSSR count). The fourth-order valence-electron chi connectivity index (χ4n) is 5.13. The number of fused-ring (bicyclic) bond motifs is 2. The number of hydrogen-bond donors (Lipinski definition) is 1. The highest BCUT2D eigenvalue weighted by molar-refractivity contribution is 9.10. The molecule has 2 unspecified atom stereocenters. The van der Waals surface area contributed by atoms with Crippen LogP contribution in [-0.2, 0) is 19.1 Å². The summed E-state index contributed by atoms with van der Waals surface area (Å²) in [5, 5.41) is 0.189. The van der Waals surface area contributed by atoms with E-state index >= 15 is 0 Å². The average Bonchev–Trinajstić information content (AvgIpc) is 3.43. The van der Waals surface area contributed by atoms with Crippen LogP contribution in [0.3, 0.4) is 0 Å². The number of ether oxygens (including phenoxy) is 2.